The van der Waals surface area contributed by atoms with Gasteiger partial charge in [0.2, 0.25) is 0 Å². The van der Waals surface area contributed by atoms with E-state index in [0.29, 0.717) is 0 Å². The van der Waals surface area contributed by atoms with E-state index in [9.17, 15) is 0 Å². The molecule has 2 heteroatoms. The molecule has 1 aromatic heterocycles. The minimum Gasteiger partial charge on any atom is -0.140 e. The Morgan fingerprint density at radius 2 is 1.90 bits per heavy atom. The molecular formula is C19H15BrS. The molecule has 0 saturated carbocycles. The third-order valence-corrected chi connectivity index (χ3v) is 5.06. The number of hydrogen-bond donors (Lipinski definition) is 0. The Balaban J connectivity index is 2.19. The summed E-state index contributed by atoms with van der Waals surface area (Å²) >= 11 is 5.38. The smallest absolute Gasteiger partial charge is 0.0352 e. The second kappa shape index (κ2) is 6.00. The van der Waals surface area contributed by atoms with Crippen LogP contribution in [0, 0.1) is 6.92 Å². The molecule has 0 spiro atoms. The van der Waals surface area contributed by atoms with Gasteiger partial charge in [-0.1, -0.05) is 58.9 Å². The average Bonchev–Trinajstić information content (AvgIpc) is 2.79. The summed E-state index contributed by atoms with van der Waals surface area (Å²) < 4.78 is 2.43. The molecule has 2 aromatic carbocycles. The van der Waals surface area contributed by atoms with Gasteiger partial charge in [0.25, 0.3) is 0 Å². The number of halogens is 1. The SMILES string of the molecule is C=C/C=C\c1c(C)sc2ccc(-c3cccc(Br)c3)cc12. The molecule has 0 aliphatic heterocycles. The zero-order valence-electron chi connectivity index (χ0n) is 11.8. The number of thiophene rings is 1. The monoisotopic (exact) mass is 354 g/mol. The lowest BCUT2D eigenvalue weighted by atomic mass is 10.0. The molecule has 0 radical (unpaired) electrons. The van der Waals surface area contributed by atoms with Gasteiger partial charge in [-0.15, -0.1) is 11.3 Å². The van der Waals surface area contributed by atoms with E-state index < -0.39 is 0 Å². The van der Waals surface area contributed by atoms with Crippen molar-refractivity contribution in [1.29, 1.82) is 0 Å². The van der Waals surface area contributed by atoms with Crippen molar-refractivity contribution in [1.82, 2.24) is 0 Å². The van der Waals surface area contributed by atoms with Crippen molar-refractivity contribution >= 4 is 43.4 Å². The maximum Gasteiger partial charge on any atom is 0.0352 e. The highest BCUT2D eigenvalue weighted by molar-refractivity contribution is 9.10. The second-order valence-corrected chi connectivity index (χ2v) is 7.06. The van der Waals surface area contributed by atoms with Crippen LogP contribution in [0.25, 0.3) is 27.3 Å². The topological polar surface area (TPSA) is 0 Å². The van der Waals surface area contributed by atoms with Crippen LogP contribution in [-0.2, 0) is 0 Å². The molecule has 104 valence electrons. The van der Waals surface area contributed by atoms with Crippen molar-refractivity contribution in [3.8, 4) is 11.1 Å². The predicted octanol–water partition coefficient (Wildman–Crippen LogP) is 6.84. The summed E-state index contributed by atoms with van der Waals surface area (Å²) in [5.74, 6) is 0. The number of aryl methyl sites for hydroxylation is 1. The normalized spacial score (nSPS) is 11.3. The molecule has 0 amide bonds. The summed E-state index contributed by atoms with van der Waals surface area (Å²) in [5, 5.41) is 1.31. The lowest BCUT2D eigenvalue weighted by molar-refractivity contribution is 1.60. The van der Waals surface area contributed by atoms with Crippen LogP contribution in [0.3, 0.4) is 0 Å². The Bertz CT molecular complexity index is 840. The number of allylic oxidation sites excluding steroid dienone is 2. The Morgan fingerprint density at radius 1 is 1.10 bits per heavy atom. The highest BCUT2D eigenvalue weighted by Crippen LogP contribution is 2.35. The van der Waals surface area contributed by atoms with Gasteiger partial charge in [-0.3, -0.25) is 0 Å². The van der Waals surface area contributed by atoms with Gasteiger partial charge < -0.3 is 0 Å². The fourth-order valence-corrected chi connectivity index (χ4v) is 3.89. The van der Waals surface area contributed by atoms with Gasteiger partial charge in [0.15, 0.2) is 0 Å². The first-order valence-electron chi connectivity index (χ1n) is 6.77. The van der Waals surface area contributed by atoms with Gasteiger partial charge in [0, 0.05) is 19.4 Å². The number of rotatable bonds is 3. The maximum atomic E-state index is 3.76. The van der Waals surface area contributed by atoms with Crippen LogP contribution in [0.1, 0.15) is 10.4 Å². The first kappa shape index (κ1) is 14.3. The molecule has 21 heavy (non-hydrogen) atoms. The fourth-order valence-electron chi connectivity index (χ4n) is 2.46. The summed E-state index contributed by atoms with van der Waals surface area (Å²) in [7, 11) is 0. The molecule has 0 bridgehead atoms. The largest absolute Gasteiger partial charge is 0.140 e. The van der Waals surface area contributed by atoms with Gasteiger partial charge in [-0.25, -0.2) is 0 Å². The van der Waals surface area contributed by atoms with Gasteiger partial charge >= 0.3 is 0 Å². The maximum absolute atomic E-state index is 3.76. The summed E-state index contributed by atoms with van der Waals surface area (Å²) in [6.07, 6.45) is 5.97. The van der Waals surface area contributed by atoms with Crippen molar-refractivity contribution in [2.75, 3.05) is 0 Å². The fraction of sp³-hybridized carbons (Fsp3) is 0.0526. The Hall–Kier alpha value is -1.64. The zero-order chi connectivity index (χ0) is 14.8. The quantitative estimate of drug-likeness (QED) is 0.451. The molecule has 0 aliphatic rings. The van der Waals surface area contributed by atoms with E-state index >= 15 is 0 Å². The summed E-state index contributed by atoms with van der Waals surface area (Å²) in [4.78, 5) is 1.34. The molecule has 3 aromatic rings. The summed E-state index contributed by atoms with van der Waals surface area (Å²) in [5.41, 5.74) is 3.77. The molecular weight excluding hydrogens is 340 g/mol. The number of fused-ring (bicyclic) bond motifs is 1. The van der Waals surface area contributed by atoms with Crippen molar-refractivity contribution in [3.63, 3.8) is 0 Å². The minimum absolute atomic E-state index is 1.10. The molecule has 0 saturated heterocycles. The van der Waals surface area contributed by atoms with Gasteiger partial charge in [0.05, 0.1) is 0 Å². The van der Waals surface area contributed by atoms with E-state index in [2.05, 4.69) is 78.0 Å². The highest BCUT2D eigenvalue weighted by atomic mass is 79.9. The third-order valence-electron chi connectivity index (χ3n) is 3.47. The molecule has 0 N–H and O–H groups in total. The number of hydrogen-bond acceptors (Lipinski definition) is 1. The van der Waals surface area contributed by atoms with Crippen LogP contribution in [0.2, 0.25) is 0 Å². The van der Waals surface area contributed by atoms with E-state index in [-0.39, 0.29) is 0 Å². The van der Waals surface area contributed by atoms with Crippen LogP contribution in [0.15, 0.2) is 65.7 Å². The van der Waals surface area contributed by atoms with Gasteiger partial charge in [-0.05, 0) is 47.9 Å². The lowest BCUT2D eigenvalue weighted by Crippen LogP contribution is -1.79. The average molecular weight is 355 g/mol. The van der Waals surface area contributed by atoms with E-state index in [0.717, 1.165) is 4.47 Å². The molecule has 1 heterocycles. The molecule has 0 nitrogen and oxygen atoms in total. The van der Waals surface area contributed by atoms with Crippen LogP contribution in [0.4, 0.5) is 0 Å². The Labute approximate surface area is 137 Å². The first-order valence-corrected chi connectivity index (χ1v) is 8.38. The van der Waals surface area contributed by atoms with Crippen molar-refractivity contribution in [2.24, 2.45) is 0 Å². The molecule has 3 rings (SSSR count). The minimum atomic E-state index is 1.10. The van der Waals surface area contributed by atoms with Crippen molar-refractivity contribution in [2.45, 2.75) is 6.92 Å². The van der Waals surface area contributed by atoms with E-state index in [1.54, 1.807) is 0 Å². The second-order valence-electron chi connectivity index (χ2n) is 4.89. The van der Waals surface area contributed by atoms with Crippen molar-refractivity contribution in [3.05, 3.63) is 76.1 Å². The standard InChI is InChI=1S/C19H15BrS/c1-3-4-8-17-13(2)21-19-10-9-15(12-18(17)19)14-6-5-7-16(20)11-14/h3-12H,1H2,2H3/b8-4-. The summed E-state index contributed by atoms with van der Waals surface area (Å²) in [6, 6.07) is 15.1. The Kier molecular flexibility index (Phi) is 4.09. The van der Waals surface area contributed by atoms with E-state index in [4.69, 9.17) is 0 Å². The third kappa shape index (κ3) is 2.87. The predicted molar refractivity (Wildman–Crippen MR) is 98.9 cm³/mol. The lowest BCUT2D eigenvalue weighted by Gasteiger charge is -2.03. The molecule has 0 atom stereocenters. The van der Waals surface area contributed by atoms with Crippen LogP contribution in [0.5, 0.6) is 0 Å². The highest BCUT2D eigenvalue weighted by Gasteiger charge is 2.08. The van der Waals surface area contributed by atoms with Gasteiger partial charge in [-0.2, -0.15) is 0 Å². The molecule has 0 aliphatic carbocycles. The van der Waals surface area contributed by atoms with E-state index in [1.165, 1.54) is 31.7 Å². The zero-order valence-corrected chi connectivity index (χ0v) is 14.2. The van der Waals surface area contributed by atoms with Crippen LogP contribution in [-0.4, -0.2) is 0 Å². The molecule has 0 fully saturated rings. The van der Waals surface area contributed by atoms with Crippen molar-refractivity contribution < 1.29 is 0 Å². The summed E-state index contributed by atoms with van der Waals surface area (Å²) in [6.45, 7) is 5.93. The number of benzene rings is 2. The van der Waals surface area contributed by atoms with Crippen LogP contribution >= 0.6 is 27.3 Å². The van der Waals surface area contributed by atoms with E-state index in [1.807, 2.05) is 23.5 Å². The Morgan fingerprint density at radius 3 is 2.67 bits per heavy atom. The van der Waals surface area contributed by atoms with Gasteiger partial charge in [0.1, 0.15) is 0 Å². The first-order chi connectivity index (χ1) is 10.2. The molecule has 0 unspecified atom stereocenters. The van der Waals surface area contributed by atoms with Crippen LogP contribution < -0.4 is 0 Å².